The lowest BCUT2D eigenvalue weighted by Crippen LogP contribution is -2.57. The van der Waals surface area contributed by atoms with Crippen LogP contribution in [-0.4, -0.2) is 28.7 Å². The Morgan fingerprint density at radius 2 is 2.00 bits per heavy atom. The normalized spacial score (nSPS) is 31.9. The standard InChI is InChI=1S/C12H19NO2/c1-3-11(14)8(2)13-10-6-4-9(5-7-10)12(13)15/h8-10H,3-7H2,1-2H3. The largest absolute Gasteiger partial charge is 0.330 e. The number of hydrogen-bond donors (Lipinski definition) is 0. The van der Waals surface area contributed by atoms with E-state index in [1.807, 2.05) is 18.7 Å². The van der Waals surface area contributed by atoms with Crippen LogP contribution in [0.5, 0.6) is 0 Å². The molecule has 0 aromatic rings. The van der Waals surface area contributed by atoms with Gasteiger partial charge in [-0.25, -0.2) is 0 Å². The fraction of sp³-hybridized carbons (Fsp3) is 0.833. The molecule has 0 radical (unpaired) electrons. The van der Waals surface area contributed by atoms with Gasteiger partial charge in [0, 0.05) is 18.4 Å². The van der Waals surface area contributed by atoms with Gasteiger partial charge in [-0.2, -0.15) is 0 Å². The summed E-state index contributed by atoms with van der Waals surface area (Å²) in [6.07, 6.45) is 4.79. The Labute approximate surface area is 90.8 Å². The molecule has 3 heteroatoms. The van der Waals surface area contributed by atoms with Gasteiger partial charge in [0.05, 0.1) is 6.04 Å². The van der Waals surface area contributed by atoms with Gasteiger partial charge in [-0.1, -0.05) is 6.92 Å². The van der Waals surface area contributed by atoms with Crippen molar-refractivity contribution in [2.75, 3.05) is 0 Å². The number of amides is 1. The average molecular weight is 209 g/mol. The first kappa shape index (κ1) is 10.7. The molecule has 1 atom stereocenters. The van der Waals surface area contributed by atoms with Gasteiger partial charge >= 0.3 is 0 Å². The smallest absolute Gasteiger partial charge is 0.226 e. The van der Waals surface area contributed by atoms with Crippen LogP contribution in [0.3, 0.4) is 0 Å². The Morgan fingerprint density at radius 1 is 1.40 bits per heavy atom. The molecule has 1 amide bonds. The Hall–Kier alpha value is -0.860. The van der Waals surface area contributed by atoms with E-state index in [-0.39, 0.29) is 23.7 Å². The summed E-state index contributed by atoms with van der Waals surface area (Å²) in [7, 11) is 0. The maximum Gasteiger partial charge on any atom is 0.226 e. The van der Waals surface area contributed by atoms with Gasteiger partial charge in [-0.15, -0.1) is 0 Å². The first-order valence-electron chi connectivity index (χ1n) is 6.00. The Bertz CT molecular complexity index is 279. The molecule has 1 aliphatic carbocycles. The lowest BCUT2D eigenvalue weighted by atomic mass is 9.78. The Morgan fingerprint density at radius 3 is 2.47 bits per heavy atom. The van der Waals surface area contributed by atoms with Crippen molar-refractivity contribution in [1.82, 2.24) is 4.90 Å². The molecule has 1 saturated carbocycles. The summed E-state index contributed by atoms with van der Waals surface area (Å²) in [5.74, 6) is 0.629. The fourth-order valence-corrected chi connectivity index (χ4v) is 2.95. The van der Waals surface area contributed by atoms with Gasteiger partial charge in [0.15, 0.2) is 5.78 Å². The van der Waals surface area contributed by atoms with E-state index in [9.17, 15) is 9.59 Å². The predicted octanol–water partition coefficient (Wildman–Crippen LogP) is 1.75. The summed E-state index contributed by atoms with van der Waals surface area (Å²) in [5.41, 5.74) is 0. The highest BCUT2D eigenvalue weighted by molar-refractivity contribution is 5.90. The zero-order chi connectivity index (χ0) is 11.0. The summed E-state index contributed by atoms with van der Waals surface area (Å²) in [6.45, 7) is 3.75. The highest BCUT2D eigenvalue weighted by Crippen LogP contribution is 2.37. The van der Waals surface area contributed by atoms with Crippen LogP contribution in [0.25, 0.3) is 0 Å². The van der Waals surface area contributed by atoms with E-state index in [4.69, 9.17) is 0 Å². The summed E-state index contributed by atoms with van der Waals surface area (Å²) < 4.78 is 0. The molecule has 15 heavy (non-hydrogen) atoms. The molecule has 2 aliphatic heterocycles. The zero-order valence-corrected chi connectivity index (χ0v) is 9.53. The van der Waals surface area contributed by atoms with Gasteiger partial charge in [0.2, 0.25) is 5.91 Å². The number of rotatable bonds is 3. The van der Waals surface area contributed by atoms with E-state index in [2.05, 4.69) is 0 Å². The highest BCUT2D eigenvalue weighted by atomic mass is 16.2. The van der Waals surface area contributed by atoms with E-state index in [1.54, 1.807) is 0 Å². The highest BCUT2D eigenvalue weighted by Gasteiger charge is 2.43. The molecule has 2 bridgehead atoms. The topological polar surface area (TPSA) is 37.4 Å². The van der Waals surface area contributed by atoms with Gasteiger partial charge in [0.1, 0.15) is 0 Å². The second-order valence-electron chi connectivity index (χ2n) is 4.75. The molecule has 3 aliphatic rings. The van der Waals surface area contributed by atoms with Crippen molar-refractivity contribution in [1.29, 1.82) is 0 Å². The number of Topliss-reactive ketones (excluding diaryl/α,β-unsaturated/α-hetero) is 1. The molecule has 3 nitrogen and oxygen atoms in total. The van der Waals surface area contributed by atoms with Crippen molar-refractivity contribution in [3.8, 4) is 0 Å². The molecule has 0 aromatic carbocycles. The molecule has 0 spiro atoms. The minimum Gasteiger partial charge on any atom is -0.330 e. The monoisotopic (exact) mass is 209 g/mol. The SMILES string of the molecule is CCC(=O)C(C)N1C(=O)C2CCC1CC2. The third-order valence-corrected chi connectivity index (χ3v) is 3.93. The first-order valence-corrected chi connectivity index (χ1v) is 6.00. The number of nitrogens with zero attached hydrogens (tertiary/aromatic N) is 1. The number of hydrogen-bond acceptors (Lipinski definition) is 2. The summed E-state index contributed by atoms with van der Waals surface area (Å²) in [5, 5.41) is 0. The number of carbonyl (C=O) groups is 2. The van der Waals surface area contributed by atoms with Crippen molar-refractivity contribution >= 4 is 11.7 Å². The van der Waals surface area contributed by atoms with Crippen LogP contribution in [0.2, 0.25) is 0 Å². The van der Waals surface area contributed by atoms with Crippen molar-refractivity contribution < 1.29 is 9.59 Å². The molecule has 0 N–H and O–H groups in total. The third-order valence-electron chi connectivity index (χ3n) is 3.93. The minimum absolute atomic E-state index is 0.191. The maximum atomic E-state index is 12.0. The molecule has 1 unspecified atom stereocenters. The molecule has 2 saturated heterocycles. The van der Waals surface area contributed by atoms with Crippen molar-refractivity contribution in [3.05, 3.63) is 0 Å². The van der Waals surface area contributed by atoms with Crippen molar-refractivity contribution in [3.63, 3.8) is 0 Å². The number of ketones is 1. The molecule has 84 valence electrons. The summed E-state index contributed by atoms with van der Waals surface area (Å²) in [6, 6.07) is 0.142. The minimum atomic E-state index is -0.199. The van der Waals surface area contributed by atoms with Crippen LogP contribution in [0, 0.1) is 5.92 Å². The number of carbonyl (C=O) groups excluding carboxylic acids is 2. The first-order chi connectivity index (χ1) is 7.15. The lowest BCUT2D eigenvalue weighted by molar-refractivity contribution is -0.154. The van der Waals surface area contributed by atoms with Crippen molar-refractivity contribution in [2.24, 2.45) is 5.92 Å². The maximum absolute atomic E-state index is 12.0. The average Bonchev–Trinajstić information content (AvgIpc) is 2.28. The lowest BCUT2D eigenvalue weighted by Gasteiger charge is -2.47. The predicted molar refractivity (Wildman–Crippen MR) is 57.4 cm³/mol. The van der Waals surface area contributed by atoms with Gasteiger partial charge in [-0.05, 0) is 32.6 Å². The van der Waals surface area contributed by atoms with Gasteiger partial charge in [-0.3, -0.25) is 9.59 Å². The van der Waals surface area contributed by atoms with Crippen LogP contribution in [-0.2, 0) is 9.59 Å². The molecular formula is C12H19NO2. The fourth-order valence-electron chi connectivity index (χ4n) is 2.95. The van der Waals surface area contributed by atoms with E-state index < -0.39 is 0 Å². The quantitative estimate of drug-likeness (QED) is 0.710. The Kier molecular flexibility index (Phi) is 2.81. The van der Waals surface area contributed by atoms with Gasteiger partial charge in [0.25, 0.3) is 0 Å². The van der Waals surface area contributed by atoms with Crippen LogP contribution in [0.15, 0.2) is 0 Å². The van der Waals surface area contributed by atoms with Crippen LogP contribution in [0.4, 0.5) is 0 Å². The second-order valence-corrected chi connectivity index (χ2v) is 4.75. The zero-order valence-electron chi connectivity index (χ0n) is 9.53. The van der Waals surface area contributed by atoms with E-state index in [0.717, 1.165) is 25.7 Å². The second kappa shape index (κ2) is 3.95. The van der Waals surface area contributed by atoms with E-state index in [0.29, 0.717) is 12.5 Å². The number of piperidine rings is 2. The van der Waals surface area contributed by atoms with Crippen LogP contribution >= 0.6 is 0 Å². The van der Waals surface area contributed by atoms with Crippen LogP contribution < -0.4 is 0 Å². The number of fused-ring (bicyclic) bond motifs is 3. The van der Waals surface area contributed by atoms with E-state index >= 15 is 0 Å². The molecule has 0 aromatic heterocycles. The summed E-state index contributed by atoms with van der Waals surface area (Å²) in [4.78, 5) is 25.5. The molecular weight excluding hydrogens is 190 g/mol. The molecule has 2 heterocycles. The van der Waals surface area contributed by atoms with E-state index in [1.165, 1.54) is 0 Å². The Balaban J connectivity index is 2.14. The summed E-state index contributed by atoms with van der Waals surface area (Å²) >= 11 is 0. The molecule has 3 fully saturated rings. The molecule has 3 rings (SSSR count). The van der Waals surface area contributed by atoms with Crippen molar-refractivity contribution in [2.45, 2.75) is 58.0 Å². The van der Waals surface area contributed by atoms with Gasteiger partial charge < -0.3 is 4.90 Å². The van der Waals surface area contributed by atoms with Crippen LogP contribution in [0.1, 0.15) is 46.0 Å². The third kappa shape index (κ3) is 1.68.